The number of nitrogens with one attached hydrogen (secondary N) is 1. The summed E-state index contributed by atoms with van der Waals surface area (Å²) in [6.45, 7) is 0. The minimum atomic E-state index is -0.430. The Morgan fingerprint density at radius 2 is 2.21 bits per heavy atom. The van der Waals surface area contributed by atoms with Gasteiger partial charge in [-0.1, -0.05) is 0 Å². The molecule has 19 heavy (non-hydrogen) atoms. The van der Waals surface area contributed by atoms with Crippen LogP contribution >= 0.6 is 23.1 Å². The van der Waals surface area contributed by atoms with E-state index < -0.39 is 4.92 Å². The molecule has 1 aromatic carbocycles. The third-order valence-corrected chi connectivity index (χ3v) is 3.92. The number of nitriles is 1. The zero-order valence-corrected chi connectivity index (χ0v) is 11.5. The number of nitro groups is 1. The molecule has 0 radical (unpaired) electrons. The van der Waals surface area contributed by atoms with Crippen molar-refractivity contribution in [2.45, 2.75) is 4.90 Å². The van der Waals surface area contributed by atoms with E-state index >= 15 is 0 Å². The van der Waals surface area contributed by atoms with Crippen molar-refractivity contribution in [3.8, 4) is 6.07 Å². The van der Waals surface area contributed by atoms with Crippen LogP contribution in [0.2, 0.25) is 0 Å². The van der Waals surface area contributed by atoms with Gasteiger partial charge in [0.15, 0.2) is 0 Å². The normalized spacial score (nSPS) is 9.89. The Labute approximate surface area is 118 Å². The van der Waals surface area contributed by atoms with Crippen LogP contribution in [0.1, 0.15) is 5.56 Å². The van der Waals surface area contributed by atoms with Gasteiger partial charge in [-0.3, -0.25) is 10.1 Å². The Morgan fingerprint density at radius 1 is 1.42 bits per heavy atom. The highest BCUT2D eigenvalue weighted by Crippen LogP contribution is 2.33. The average molecular weight is 291 g/mol. The highest BCUT2D eigenvalue weighted by molar-refractivity contribution is 7.98. The summed E-state index contributed by atoms with van der Waals surface area (Å²) in [4.78, 5) is 11.5. The van der Waals surface area contributed by atoms with Crippen molar-refractivity contribution in [2.24, 2.45) is 0 Å². The maximum absolute atomic E-state index is 11.1. The molecule has 0 atom stereocenters. The van der Waals surface area contributed by atoms with Crippen LogP contribution in [0.15, 0.2) is 33.9 Å². The van der Waals surface area contributed by atoms with E-state index in [1.165, 1.54) is 29.2 Å². The van der Waals surface area contributed by atoms with Crippen LogP contribution in [0.4, 0.5) is 17.1 Å². The molecule has 0 aliphatic carbocycles. The van der Waals surface area contributed by atoms with E-state index in [4.69, 9.17) is 5.26 Å². The van der Waals surface area contributed by atoms with Gasteiger partial charge >= 0.3 is 0 Å². The lowest BCUT2D eigenvalue weighted by Gasteiger charge is -2.07. The fourth-order valence-corrected chi connectivity index (χ4v) is 2.66. The highest BCUT2D eigenvalue weighted by Gasteiger charge is 2.16. The molecule has 2 aromatic rings. The number of thioether (sulfide) groups is 1. The number of thiophene rings is 1. The predicted octanol–water partition coefficient (Wildman–Crippen LogP) is 3.99. The summed E-state index contributed by atoms with van der Waals surface area (Å²) in [6.07, 6.45) is 1.86. The summed E-state index contributed by atoms with van der Waals surface area (Å²) < 4.78 is 0. The van der Waals surface area contributed by atoms with Gasteiger partial charge in [-0.2, -0.15) is 5.26 Å². The molecule has 0 unspecified atom stereocenters. The van der Waals surface area contributed by atoms with Crippen molar-refractivity contribution in [3.63, 3.8) is 0 Å². The fourth-order valence-electron chi connectivity index (χ4n) is 1.52. The molecule has 0 fully saturated rings. The van der Waals surface area contributed by atoms with Gasteiger partial charge in [0.25, 0.3) is 5.69 Å². The first-order chi connectivity index (χ1) is 9.15. The van der Waals surface area contributed by atoms with Crippen LogP contribution in [-0.4, -0.2) is 11.2 Å². The number of nitrogens with zero attached hydrogens (tertiary/aromatic N) is 2. The molecular weight excluding hydrogens is 282 g/mol. The van der Waals surface area contributed by atoms with E-state index in [0.29, 0.717) is 16.9 Å². The van der Waals surface area contributed by atoms with Crippen LogP contribution in [-0.2, 0) is 0 Å². The van der Waals surface area contributed by atoms with Crippen molar-refractivity contribution in [2.75, 3.05) is 11.6 Å². The maximum atomic E-state index is 11.1. The molecule has 5 nitrogen and oxygen atoms in total. The molecule has 0 saturated heterocycles. The fraction of sp³-hybridized carbons (Fsp3) is 0.0833. The van der Waals surface area contributed by atoms with Gasteiger partial charge in [-0.25, -0.2) is 0 Å². The molecule has 0 aliphatic rings. The van der Waals surface area contributed by atoms with Crippen molar-refractivity contribution in [1.82, 2.24) is 0 Å². The van der Waals surface area contributed by atoms with Gasteiger partial charge in [-0.15, -0.1) is 23.1 Å². The summed E-state index contributed by atoms with van der Waals surface area (Å²) in [5, 5.41) is 26.4. The summed E-state index contributed by atoms with van der Waals surface area (Å²) in [7, 11) is 0. The van der Waals surface area contributed by atoms with Crippen molar-refractivity contribution >= 4 is 40.2 Å². The lowest BCUT2D eigenvalue weighted by atomic mass is 10.2. The van der Waals surface area contributed by atoms with E-state index in [1.807, 2.05) is 12.3 Å². The third kappa shape index (κ3) is 2.86. The Morgan fingerprint density at radius 3 is 2.84 bits per heavy atom. The average Bonchev–Trinajstić information content (AvgIpc) is 2.86. The molecule has 7 heteroatoms. The van der Waals surface area contributed by atoms with Gasteiger partial charge in [-0.05, 0) is 18.4 Å². The smallest absolute Gasteiger partial charge is 0.293 e. The Balaban J connectivity index is 2.40. The molecule has 1 N–H and O–H groups in total. The van der Waals surface area contributed by atoms with Crippen LogP contribution in [0, 0.1) is 21.4 Å². The molecule has 0 aliphatic heterocycles. The zero-order chi connectivity index (χ0) is 13.8. The van der Waals surface area contributed by atoms with Crippen molar-refractivity contribution in [1.29, 1.82) is 5.26 Å². The van der Waals surface area contributed by atoms with E-state index in [0.717, 1.165) is 4.90 Å². The summed E-state index contributed by atoms with van der Waals surface area (Å²) in [5.74, 6) is 0. The SMILES string of the molecule is CSc1ccc(Nc2cscc2C#N)c([N+](=O)[O-])c1. The predicted molar refractivity (Wildman–Crippen MR) is 77.2 cm³/mol. The Bertz CT molecular complexity index is 661. The number of hydrogen-bond acceptors (Lipinski definition) is 6. The first-order valence-electron chi connectivity index (χ1n) is 5.21. The maximum Gasteiger partial charge on any atom is 0.293 e. The second-order valence-corrected chi connectivity index (χ2v) is 5.20. The number of rotatable bonds is 4. The quantitative estimate of drug-likeness (QED) is 0.523. The molecule has 1 heterocycles. The topological polar surface area (TPSA) is 79.0 Å². The van der Waals surface area contributed by atoms with Crippen LogP contribution in [0.25, 0.3) is 0 Å². The van der Waals surface area contributed by atoms with E-state index in [-0.39, 0.29) is 5.69 Å². The minimum absolute atomic E-state index is 0.00180. The highest BCUT2D eigenvalue weighted by atomic mass is 32.2. The molecule has 2 rings (SSSR count). The second-order valence-electron chi connectivity index (χ2n) is 3.58. The summed E-state index contributed by atoms with van der Waals surface area (Å²) >= 11 is 2.82. The molecule has 0 spiro atoms. The monoisotopic (exact) mass is 291 g/mol. The first kappa shape index (κ1) is 13.4. The number of benzene rings is 1. The van der Waals surface area contributed by atoms with Gasteiger partial charge < -0.3 is 5.32 Å². The lowest BCUT2D eigenvalue weighted by Crippen LogP contribution is -1.97. The van der Waals surface area contributed by atoms with Crippen LogP contribution in [0.5, 0.6) is 0 Å². The van der Waals surface area contributed by atoms with Gasteiger partial charge in [0.1, 0.15) is 11.8 Å². The molecule has 0 saturated carbocycles. The van der Waals surface area contributed by atoms with E-state index in [2.05, 4.69) is 5.32 Å². The first-order valence-corrected chi connectivity index (χ1v) is 7.38. The molecule has 0 amide bonds. The molecular formula is C12H9N3O2S2. The Kier molecular flexibility index (Phi) is 4.04. The molecule has 0 bridgehead atoms. The van der Waals surface area contributed by atoms with Gasteiger partial charge in [0.2, 0.25) is 0 Å². The zero-order valence-electron chi connectivity index (χ0n) is 9.91. The van der Waals surface area contributed by atoms with Gasteiger partial charge in [0, 0.05) is 21.7 Å². The molecule has 96 valence electrons. The second kappa shape index (κ2) is 5.73. The van der Waals surface area contributed by atoms with Gasteiger partial charge in [0.05, 0.1) is 16.2 Å². The van der Waals surface area contributed by atoms with E-state index in [9.17, 15) is 10.1 Å². The number of nitro benzene ring substituents is 1. The standard InChI is InChI=1S/C12H9N3O2S2/c1-18-9-2-3-10(12(4-9)15(16)17)14-11-7-19-6-8(11)5-13/h2-4,6-7,14H,1H3. The lowest BCUT2D eigenvalue weighted by molar-refractivity contribution is -0.384. The van der Waals surface area contributed by atoms with Crippen molar-refractivity contribution in [3.05, 3.63) is 44.6 Å². The summed E-state index contributed by atoms with van der Waals surface area (Å²) in [6, 6.07) is 7.02. The van der Waals surface area contributed by atoms with Crippen LogP contribution in [0.3, 0.4) is 0 Å². The largest absolute Gasteiger partial charge is 0.348 e. The third-order valence-electron chi connectivity index (χ3n) is 2.45. The molecule has 1 aromatic heterocycles. The number of anilines is 2. The van der Waals surface area contributed by atoms with Crippen LogP contribution < -0.4 is 5.32 Å². The summed E-state index contributed by atoms with van der Waals surface area (Å²) in [5.41, 5.74) is 1.46. The van der Waals surface area contributed by atoms with E-state index in [1.54, 1.807) is 22.9 Å². The number of hydrogen-bond donors (Lipinski definition) is 1. The minimum Gasteiger partial charge on any atom is -0.348 e. The Hall–Kier alpha value is -2.04. The van der Waals surface area contributed by atoms with Crippen molar-refractivity contribution < 1.29 is 4.92 Å².